The van der Waals surface area contributed by atoms with Gasteiger partial charge in [-0.2, -0.15) is 0 Å². The Labute approximate surface area is 100 Å². The highest BCUT2D eigenvalue weighted by atomic mass is 14.7. The number of hydrogen-bond acceptors (Lipinski definition) is 1. The Kier molecular flexibility index (Phi) is 4.52. The molecule has 0 saturated heterocycles. The maximum atomic E-state index is 4.55. The summed E-state index contributed by atoms with van der Waals surface area (Å²) in [4.78, 5) is 4.55. The van der Waals surface area contributed by atoms with Gasteiger partial charge >= 0.3 is 0 Å². The van der Waals surface area contributed by atoms with Crippen molar-refractivity contribution in [1.29, 1.82) is 0 Å². The standard InChI is InChI=1S/C15H25N/c1-6-12(2)14-8-7-13(11-16-14)9-10-15(3,4)5/h7-8,11-12H,6,9-10H2,1-5H3. The van der Waals surface area contributed by atoms with Crippen molar-refractivity contribution in [2.75, 3.05) is 0 Å². The molecule has 0 spiro atoms. The van der Waals surface area contributed by atoms with Gasteiger partial charge in [0, 0.05) is 11.9 Å². The number of pyridine rings is 1. The zero-order valence-electron chi connectivity index (χ0n) is 11.4. The Morgan fingerprint density at radius 3 is 2.38 bits per heavy atom. The minimum atomic E-state index is 0.412. The van der Waals surface area contributed by atoms with Crippen molar-refractivity contribution in [3.05, 3.63) is 29.6 Å². The Morgan fingerprint density at radius 2 is 1.94 bits per heavy atom. The SMILES string of the molecule is CCC(C)c1ccc(CCC(C)(C)C)cn1. The van der Waals surface area contributed by atoms with Crippen LogP contribution in [0.15, 0.2) is 18.3 Å². The smallest absolute Gasteiger partial charge is 0.0431 e. The van der Waals surface area contributed by atoms with Crippen molar-refractivity contribution >= 4 is 0 Å². The van der Waals surface area contributed by atoms with E-state index in [1.165, 1.54) is 17.7 Å². The van der Waals surface area contributed by atoms with Crippen LogP contribution in [0.4, 0.5) is 0 Å². The molecule has 0 radical (unpaired) electrons. The lowest BCUT2D eigenvalue weighted by Gasteiger charge is -2.17. The van der Waals surface area contributed by atoms with Crippen LogP contribution in [-0.2, 0) is 6.42 Å². The second kappa shape index (κ2) is 5.47. The molecular weight excluding hydrogens is 194 g/mol. The van der Waals surface area contributed by atoms with E-state index in [9.17, 15) is 0 Å². The van der Waals surface area contributed by atoms with E-state index in [2.05, 4.69) is 51.7 Å². The first-order valence-electron chi connectivity index (χ1n) is 6.37. The molecule has 0 saturated carbocycles. The minimum Gasteiger partial charge on any atom is -0.261 e. The van der Waals surface area contributed by atoms with Crippen LogP contribution >= 0.6 is 0 Å². The van der Waals surface area contributed by atoms with Gasteiger partial charge < -0.3 is 0 Å². The summed E-state index contributed by atoms with van der Waals surface area (Å²) < 4.78 is 0. The second-order valence-electron chi connectivity index (χ2n) is 5.96. The first-order chi connectivity index (χ1) is 7.42. The van der Waals surface area contributed by atoms with Crippen molar-refractivity contribution in [2.45, 2.75) is 59.8 Å². The van der Waals surface area contributed by atoms with E-state index in [1.54, 1.807) is 0 Å². The van der Waals surface area contributed by atoms with Crippen LogP contribution in [0.25, 0.3) is 0 Å². The van der Waals surface area contributed by atoms with Crippen LogP contribution in [-0.4, -0.2) is 4.98 Å². The Morgan fingerprint density at radius 1 is 1.25 bits per heavy atom. The number of aromatic nitrogens is 1. The third-order valence-electron chi connectivity index (χ3n) is 3.13. The zero-order chi connectivity index (χ0) is 12.2. The van der Waals surface area contributed by atoms with Crippen molar-refractivity contribution < 1.29 is 0 Å². The molecule has 1 aromatic rings. The maximum absolute atomic E-state index is 4.55. The van der Waals surface area contributed by atoms with Gasteiger partial charge in [0.15, 0.2) is 0 Å². The molecule has 0 bridgehead atoms. The van der Waals surface area contributed by atoms with Crippen LogP contribution < -0.4 is 0 Å². The molecule has 0 aromatic carbocycles. The number of rotatable bonds is 4. The summed E-state index contributed by atoms with van der Waals surface area (Å²) in [7, 11) is 0. The Hall–Kier alpha value is -0.850. The lowest BCUT2D eigenvalue weighted by atomic mass is 9.89. The first kappa shape index (κ1) is 13.2. The number of aryl methyl sites for hydroxylation is 1. The molecule has 1 rings (SSSR count). The molecule has 0 N–H and O–H groups in total. The molecule has 1 heterocycles. The van der Waals surface area contributed by atoms with Crippen LogP contribution in [0.1, 0.15) is 64.6 Å². The van der Waals surface area contributed by atoms with Gasteiger partial charge in [-0.05, 0) is 42.2 Å². The van der Waals surface area contributed by atoms with Crippen molar-refractivity contribution in [2.24, 2.45) is 5.41 Å². The average molecular weight is 219 g/mol. The summed E-state index contributed by atoms with van der Waals surface area (Å²) in [6.07, 6.45) is 5.57. The summed E-state index contributed by atoms with van der Waals surface area (Å²) in [6.45, 7) is 11.3. The van der Waals surface area contributed by atoms with E-state index in [4.69, 9.17) is 0 Å². The molecule has 0 aliphatic rings. The second-order valence-corrected chi connectivity index (χ2v) is 5.96. The van der Waals surface area contributed by atoms with Gasteiger partial charge in [-0.15, -0.1) is 0 Å². The highest BCUT2D eigenvalue weighted by molar-refractivity contribution is 5.16. The van der Waals surface area contributed by atoms with Gasteiger partial charge in [-0.1, -0.05) is 40.7 Å². The third kappa shape index (κ3) is 4.34. The van der Waals surface area contributed by atoms with E-state index in [0.717, 1.165) is 12.8 Å². The van der Waals surface area contributed by atoms with Crippen LogP contribution in [0.2, 0.25) is 0 Å². The average Bonchev–Trinajstić information content (AvgIpc) is 2.25. The molecule has 1 unspecified atom stereocenters. The molecule has 16 heavy (non-hydrogen) atoms. The van der Waals surface area contributed by atoms with Gasteiger partial charge in [-0.25, -0.2) is 0 Å². The first-order valence-corrected chi connectivity index (χ1v) is 6.37. The Bertz CT molecular complexity index is 305. The fourth-order valence-corrected chi connectivity index (χ4v) is 1.60. The highest BCUT2D eigenvalue weighted by Gasteiger charge is 2.10. The van der Waals surface area contributed by atoms with Crippen molar-refractivity contribution in [1.82, 2.24) is 4.98 Å². The summed E-state index contributed by atoms with van der Waals surface area (Å²) in [6, 6.07) is 4.42. The molecule has 90 valence electrons. The number of hydrogen-bond donors (Lipinski definition) is 0. The van der Waals surface area contributed by atoms with E-state index in [0.29, 0.717) is 11.3 Å². The predicted molar refractivity (Wildman–Crippen MR) is 70.7 cm³/mol. The lowest BCUT2D eigenvalue weighted by Crippen LogP contribution is -2.06. The van der Waals surface area contributed by atoms with Crippen LogP contribution in [0, 0.1) is 5.41 Å². The summed E-state index contributed by atoms with van der Waals surface area (Å²) in [5, 5.41) is 0. The van der Waals surface area contributed by atoms with E-state index in [-0.39, 0.29) is 0 Å². The van der Waals surface area contributed by atoms with Gasteiger partial charge in [0.1, 0.15) is 0 Å². The van der Waals surface area contributed by atoms with Gasteiger partial charge in [0.05, 0.1) is 0 Å². The fourth-order valence-electron chi connectivity index (χ4n) is 1.60. The zero-order valence-corrected chi connectivity index (χ0v) is 11.4. The third-order valence-corrected chi connectivity index (χ3v) is 3.13. The topological polar surface area (TPSA) is 12.9 Å². The van der Waals surface area contributed by atoms with Crippen LogP contribution in [0.3, 0.4) is 0 Å². The molecule has 0 aliphatic heterocycles. The number of nitrogens with zero attached hydrogens (tertiary/aromatic N) is 1. The molecule has 0 fully saturated rings. The normalized spacial score (nSPS) is 13.8. The van der Waals surface area contributed by atoms with Gasteiger partial charge in [0.2, 0.25) is 0 Å². The van der Waals surface area contributed by atoms with Crippen molar-refractivity contribution in [3.63, 3.8) is 0 Å². The monoisotopic (exact) mass is 219 g/mol. The van der Waals surface area contributed by atoms with Crippen LogP contribution in [0.5, 0.6) is 0 Å². The molecule has 0 amide bonds. The fraction of sp³-hybridized carbons (Fsp3) is 0.667. The highest BCUT2D eigenvalue weighted by Crippen LogP contribution is 2.22. The van der Waals surface area contributed by atoms with Gasteiger partial charge in [0.25, 0.3) is 0 Å². The molecular formula is C15H25N. The van der Waals surface area contributed by atoms with E-state index < -0.39 is 0 Å². The predicted octanol–water partition coefficient (Wildman–Crippen LogP) is 4.57. The molecule has 1 nitrogen and oxygen atoms in total. The summed E-state index contributed by atoms with van der Waals surface area (Å²) in [5.74, 6) is 0.580. The van der Waals surface area contributed by atoms with Gasteiger partial charge in [-0.3, -0.25) is 4.98 Å². The minimum absolute atomic E-state index is 0.412. The van der Waals surface area contributed by atoms with E-state index >= 15 is 0 Å². The molecule has 0 aliphatic carbocycles. The maximum Gasteiger partial charge on any atom is 0.0431 e. The molecule has 1 aromatic heterocycles. The molecule has 1 atom stereocenters. The Balaban J connectivity index is 2.58. The summed E-state index contributed by atoms with van der Waals surface area (Å²) >= 11 is 0. The summed E-state index contributed by atoms with van der Waals surface area (Å²) in [5.41, 5.74) is 3.00. The largest absolute Gasteiger partial charge is 0.261 e. The van der Waals surface area contributed by atoms with E-state index in [1.807, 2.05) is 6.20 Å². The quantitative estimate of drug-likeness (QED) is 0.722. The lowest BCUT2D eigenvalue weighted by molar-refractivity contribution is 0.378. The van der Waals surface area contributed by atoms with Crippen molar-refractivity contribution in [3.8, 4) is 0 Å². The molecule has 1 heteroatoms.